The van der Waals surface area contributed by atoms with Crippen molar-refractivity contribution >= 4 is 5.91 Å². The van der Waals surface area contributed by atoms with Crippen molar-refractivity contribution in [1.29, 1.82) is 0 Å². The number of amides is 1. The number of likely N-dealkylation sites (tertiary alicyclic amines) is 2. The summed E-state index contributed by atoms with van der Waals surface area (Å²) >= 11 is 0. The monoisotopic (exact) mass is 252 g/mol. The molecule has 0 aromatic heterocycles. The zero-order valence-electron chi connectivity index (χ0n) is 12.0. The number of hydrogen-bond donors (Lipinski definition) is 0. The molecule has 1 atom stereocenters. The number of carbonyl (C=O) groups excluding carboxylic acids is 1. The van der Waals surface area contributed by atoms with Gasteiger partial charge in [0, 0.05) is 13.1 Å². The fourth-order valence-corrected chi connectivity index (χ4v) is 3.42. The van der Waals surface area contributed by atoms with E-state index in [0.717, 1.165) is 38.5 Å². The van der Waals surface area contributed by atoms with E-state index in [0.29, 0.717) is 5.91 Å². The van der Waals surface area contributed by atoms with Gasteiger partial charge in [0.2, 0.25) is 5.91 Å². The SMILES string of the molecule is CCC1CCN(C(=O)C2CCCCN2CC)CC1. The summed E-state index contributed by atoms with van der Waals surface area (Å²) in [6, 6.07) is 0.182. The van der Waals surface area contributed by atoms with Crippen molar-refractivity contribution in [2.24, 2.45) is 5.92 Å². The van der Waals surface area contributed by atoms with E-state index in [1.807, 2.05) is 0 Å². The Labute approximate surface area is 112 Å². The van der Waals surface area contributed by atoms with Crippen LogP contribution in [0.1, 0.15) is 52.4 Å². The lowest BCUT2D eigenvalue weighted by Crippen LogP contribution is -2.52. The predicted octanol–water partition coefficient (Wildman–Crippen LogP) is 2.51. The Balaban J connectivity index is 1.90. The number of hydrogen-bond acceptors (Lipinski definition) is 2. The minimum atomic E-state index is 0.182. The van der Waals surface area contributed by atoms with Crippen molar-refractivity contribution in [3.63, 3.8) is 0 Å². The van der Waals surface area contributed by atoms with E-state index in [1.54, 1.807) is 0 Å². The molecule has 0 saturated carbocycles. The fourth-order valence-electron chi connectivity index (χ4n) is 3.42. The number of nitrogens with zero attached hydrogens (tertiary/aromatic N) is 2. The molecule has 0 bridgehead atoms. The largest absolute Gasteiger partial charge is 0.341 e. The van der Waals surface area contributed by atoms with Crippen LogP contribution in [0, 0.1) is 5.92 Å². The van der Waals surface area contributed by atoms with E-state index >= 15 is 0 Å². The molecule has 0 radical (unpaired) electrons. The van der Waals surface area contributed by atoms with E-state index in [9.17, 15) is 4.79 Å². The molecule has 2 rings (SSSR count). The maximum Gasteiger partial charge on any atom is 0.239 e. The van der Waals surface area contributed by atoms with Crippen molar-refractivity contribution in [1.82, 2.24) is 9.80 Å². The van der Waals surface area contributed by atoms with Crippen LogP contribution in [0.15, 0.2) is 0 Å². The highest BCUT2D eigenvalue weighted by Gasteiger charge is 2.32. The second-order valence-electron chi connectivity index (χ2n) is 5.82. The molecule has 0 aliphatic carbocycles. The minimum absolute atomic E-state index is 0.182. The molecule has 18 heavy (non-hydrogen) atoms. The summed E-state index contributed by atoms with van der Waals surface area (Å²) in [5, 5.41) is 0. The fraction of sp³-hybridized carbons (Fsp3) is 0.933. The lowest BCUT2D eigenvalue weighted by atomic mass is 9.93. The summed E-state index contributed by atoms with van der Waals surface area (Å²) in [6.07, 6.45) is 7.24. The van der Waals surface area contributed by atoms with E-state index < -0.39 is 0 Å². The van der Waals surface area contributed by atoms with Crippen LogP contribution in [0.4, 0.5) is 0 Å². The van der Waals surface area contributed by atoms with Crippen LogP contribution in [-0.2, 0) is 4.79 Å². The van der Waals surface area contributed by atoms with Gasteiger partial charge in [-0.15, -0.1) is 0 Å². The third-order valence-corrected chi connectivity index (χ3v) is 4.81. The zero-order valence-corrected chi connectivity index (χ0v) is 12.0. The number of carbonyl (C=O) groups is 1. The summed E-state index contributed by atoms with van der Waals surface area (Å²) in [5.41, 5.74) is 0. The topological polar surface area (TPSA) is 23.6 Å². The first-order valence-corrected chi connectivity index (χ1v) is 7.79. The van der Waals surface area contributed by atoms with E-state index in [-0.39, 0.29) is 6.04 Å². The van der Waals surface area contributed by atoms with Gasteiger partial charge < -0.3 is 4.90 Å². The van der Waals surface area contributed by atoms with Gasteiger partial charge in [0.15, 0.2) is 0 Å². The molecule has 1 amide bonds. The summed E-state index contributed by atoms with van der Waals surface area (Å²) in [4.78, 5) is 17.1. The molecule has 0 aromatic carbocycles. The van der Waals surface area contributed by atoms with Gasteiger partial charge in [-0.2, -0.15) is 0 Å². The standard InChI is InChI=1S/C15H28N2O/c1-3-13-8-11-17(12-9-13)15(18)14-7-5-6-10-16(14)4-2/h13-14H,3-12H2,1-2H3. The second kappa shape index (κ2) is 6.55. The predicted molar refractivity (Wildman–Crippen MR) is 74.5 cm³/mol. The van der Waals surface area contributed by atoms with Crippen LogP contribution in [0.3, 0.4) is 0 Å². The molecule has 0 aromatic rings. The van der Waals surface area contributed by atoms with E-state index in [1.165, 1.54) is 32.1 Å². The smallest absolute Gasteiger partial charge is 0.239 e. The molecule has 2 saturated heterocycles. The Morgan fingerprint density at radius 3 is 2.39 bits per heavy atom. The van der Waals surface area contributed by atoms with Crippen LogP contribution in [0.25, 0.3) is 0 Å². The summed E-state index contributed by atoms with van der Waals surface area (Å²) in [5.74, 6) is 1.26. The third-order valence-electron chi connectivity index (χ3n) is 4.81. The average molecular weight is 252 g/mol. The van der Waals surface area contributed by atoms with Crippen molar-refractivity contribution in [2.75, 3.05) is 26.2 Å². The molecule has 3 nitrogen and oxygen atoms in total. The molecule has 104 valence electrons. The first-order chi connectivity index (χ1) is 8.76. The lowest BCUT2D eigenvalue weighted by molar-refractivity contribution is -0.139. The Kier molecular flexibility index (Phi) is 5.04. The Morgan fingerprint density at radius 2 is 1.78 bits per heavy atom. The van der Waals surface area contributed by atoms with Crippen LogP contribution < -0.4 is 0 Å². The van der Waals surface area contributed by atoms with Gasteiger partial charge in [0.25, 0.3) is 0 Å². The molecule has 3 heteroatoms. The molecule has 2 fully saturated rings. The van der Waals surface area contributed by atoms with Crippen LogP contribution in [-0.4, -0.2) is 47.9 Å². The highest BCUT2D eigenvalue weighted by Crippen LogP contribution is 2.24. The molecule has 2 aliphatic rings. The minimum Gasteiger partial charge on any atom is -0.341 e. The average Bonchev–Trinajstić information content (AvgIpc) is 2.46. The summed E-state index contributed by atoms with van der Waals surface area (Å²) in [6.45, 7) is 8.55. The molecule has 0 N–H and O–H groups in total. The van der Waals surface area contributed by atoms with Gasteiger partial charge in [-0.05, 0) is 44.7 Å². The lowest BCUT2D eigenvalue weighted by Gasteiger charge is -2.39. The van der Waals surface area contributed by atoms with Crippen LogP contribution in [0.2, 0.25) is 0 Å². The van der Waals surface area contributed by atoms with Crippen molar-refractivity contribution in [3.8, 4) is 0 Å². The summed E-state index contributed by atoms with van der Waals surface area (Å²) < 4.78 is 0. The van der Waals surface area contributed by atoms with Gasteiger partial charge in [-0.3, -0.25) is 9.69 Å². The first kappa shape index (κ1) is 13.9. The van der Waals surface area contributed by atoms with Crippen LogP contribution in [0.5, 0.6) is 0 Å². The maximum absolute atomic E-state index is 12.6. The van der Waals surface area contributed by atoms with Gasteiger partial charge in [-0.1, -0.05) is 26.7 Å². The first-order valence-electron chi connectivity index (χ1n) is 7.79. The molecule has 2 aliphatic heterocycles. The van der Waals surface area contributed by atoms with Gasteiger partial charge in [0.05, 0.1) is 6.04 Å². The molecule has 1 unspecified atom stereocenters. The normalized spacial score (nSPS) is 27.4. The van der Waals surface area contributed by atoms with Gasteiger partial charge in [-0.25, -0.2) is 0 Å². The number of rotatable bonds is 3. The Hall–Kier alpha value is -0.570. The number of piperidine rings is 2. The van der Waals surface area contributed by atoms with Crippen molar-refractivity contribution < 1.29 is 4.79 Å². The van der Waals surface area contributed by atoms with E-state index in [2.05, 4.69) is 23.6 Å². The Morgan fingerprint density at radius 1 is 1.06 bits per heavy atom. The quantitative estimate of drug-likeness (QED) is 0.770. The second-order valence-corrected chi connectivity index (χ2v) is 5.82. The third kappa shape index (κ3) is 3.05. The molecule has 2 heterocycles. The maximum atomic E-state index is 12.6. The van der Waals surface area contributed by atoms with E-state index in [4.69, 9.17) is 0 Å². The van der Waals surface area contributed by atoms with Gasteiger partial charge in [0.1, 0.15) is 0 Å². The highest BCUT2D eigenvalue weighted by molar-refractivity contribution is 5.82. The van der Waals surface area contributed by atoms with Crippen molar-refractivity contribution in [3.05, 3.63) is 0 Å². The zero-order chi connectivity index (χ0) is 13.0. The van der Waals surface area contributed by atoms with Crippen molar-refractivity contribution in [2.45, 2.75) is 58.4 Å². The molecular weight excluding hydrogens is 224 g/mol. The molecular formula is C15H28N2O. The Bertz CT molecular complexity index is 272. The molecule has 0 spiro atoms. The van der Waals surface area contributed by atoms with Crippen LogP contribution >= 0.6 is 0 Å². The summed E-state index contributed by atoms with van der Waals surface area (Å²) in [7, 11) is 0. The van der Waals surface area contributed by atoms with Gasteiger partial charge >= 0.3 is 0 Å². The highest BCUT2D eigenvalue weighted by atomic mass is 16.2. The number of likely N-dealkylation sites (N-methyl/N-ethyl adjacent to an activating group) is 1.